The van der Waals surface area contributed by atoms with Crippen molar-refractivity contribution in [1.29, 1.82) is 0 Å². The van der Waals surface area contributed by atoms with Crippen LogP contribution >= 0.6 is 0 Å². The van der Waals surface area contributed by atoms with Gasteiger partial charge < -0.3 is 25.1 Å². The lowest BCUT2D eigenvalue weighted by Gasteiger charge is -2.15. The second-order valence-electron chi connectivity index (χ2n) is 4.86. The Morgan fingerprint density at radius 1 is 1.52 bits per heavy atom. The Balaban J connectivity index is 2.00. The predicted octanol–water partition coefficient (Wildman–Crippen LogP) is -0.274. The van der Waals surface area contributed by atoms with E-state index in [0.717, 1.165) is 0 Å². The van der Waals surface area contributed by atoms with Crippen molar-refractivity contribution in [3.63, 3.8) is 0 Å². The van der Waals surface area contributed by atoms with Gasteiger partial charge in [0.2, 0.25) is 0 Å². The molecule has 0 bridgehead atoms. The number of rotatable bonds is 3. The number of nitrogens with two attached hydrogens (primary N) is 1. The Bertz CT molecular complexity index is 682. The minimum Gasteiger partial charge on any atom is -0.472 e. The highest BCUT2D eigenvalue weighted by atomic mass is 16.5. The Kier molecular flexibility index (Phi) is 3.50. The normalized spacial score (nSPS) is 25.3. The van der Waals surface area contributed by atoms with Crippen LogP contribution in [0.5, 0.6) is 0 Å². The lowest BCUT2D eigenvalue weighted by Crippen LogP contribution is -2.28. The Morgan fingerprint density at radius 2 is 2.33 bits per heavy atom. The summed E-state index contributed by atoms with van der Waals surface area (Å²) in [6.07, 6.45) is 2.46. The fraction of sp³-hybridized carbons (Fsp3) is 0.385. The van der Waals surface area contributed by atoms with Gasteiger partial charge in [-0.3, -0.25) is 4.57 Å². The first-order chi connectivity index (χ1) is 10.1. The van der Waals surface area contributed by atoms with Gasteiger partial charge in [-0.15, -0.1) is 0 Å². The molecule has 0 spiro atoms. The summed E-state index contributed by atoms with van der Waals surface area (Å²) in [6.45, 7) is -0.316. The molecule has 2 aromatic heterocycles. The third-order valence-corrected chi connectivity index (χ3v) is 3.51. The Hall–Kier alpha value is -2.16. The van der Waals surface area contributed by atoms with Crippen LogP contribution in [0, 0.1) is 0 Å². The van der Waals surface area contributed by atoms with Crippen LogP contribution in [0.15, 0.2) is 34.0 Å². The van der Waals surface area contributed by atoms with Gasteiger partial charge in [0.1, 0.15) is 18.1 Å². The molecule has 0 amide bonds. The first kappa shape index (κ1) is 13.8. The molecular weight excluding hydrogens is 278 g/mol. The van der Waals surface area contributed by atoms with Gasteiger partial charge in [-0.05, 0) is 6.07 Å². The molecule has 112 valence electrons. The number of nitrogens with zero attached hydrogens (tertiary/aromatic N) is 2. The van der Waals surface area contributed by atoms with E-state index in [9.17, 15) is 9.90 Å². The van der Waals surface area contributed by atoms with Gasteiger partial charge in [0, 0.05) is 23.7 Å². The maximum Gasteiger partial charge on any atom is 0.351 e. The molecule has 4 N–H and O–H groups in total. The SMILES string of the molecule is Nc1nc(=O)n([C@@H]2C[C@H](O)[C@@H](CO)O2)cc1-c1ccoc1. The van der Waals surface area contributed by atoms with Gasteiger partial charge in [0.25, 0.3) is 0 Å². The van der Waals surface area contributed by atoms with Crippen molar-refractivity contribution in [2.24, 2.45) is 0 Å². The first-order valence-corrected chi connectivity index (χ1v) is 6.45. The molecule has 0 aliphatic carbocycles. The van der Waals surface area contributed by atoms with E-state index in [1.54, 1.807) is 6.07 Å². The smallest absolute Gasteiger partial charge is 0.351 e. The first-order valence-electron chi connectivity index (χ1n) is 6.45. The van der Waals surface area contributed by atoms with Crippen LogP contribution in [0.3, 0.4) is 0 Å². The number of nitrogen functional groups attached to an aromatic ring is 1. The summed E-state index contributed by atoms with van der Waals surface area (Å²) in [6, 6.07) is 1.70. The maximum absolute atomic E-state index is 12.0. The van der Waals surface area contributed by atoms with Gasteiger partial charge in [-0.25, -0.2) is 4.79 Å². The number of aliphatic hydroxyl groups is 2. The minimum absolute atomic E-state index is 0.0925. The number of furan rings is 1. The van der Waals surface area contributed by atoms with Crippen molar-refractivity contribution in [2.75, 3.05) is 12.3 Å². The van der Waals surface area contributed by atoms with E-state index in [0.29, 0.717) is 11.1 Å². The van der Waals surface area contributed by atoms with E-state index in [2.05, 4.69) is 4.98 Å². The Labute approximate surface area is 119 Å². The van der Waals surface area contributed by atoms with Crippen LogP contribution < -0.4 is 11.4 Å². The largest absolute Gasteiger partial charge is 0.472 e. The van der Waals surface area contributed by atoms with Crippen LogP contribution in [0.25, 0.3) is 11.1 Å². The van der Waals surface area contributed by atoms with Crippen LogP contribution in [0.2, 0.25) is 0 Å². The van der Waals surface area contributed by atoms with Crippen LogP contribution in [-0.2, 0) is 4.74 Å². The van der Waals surface area contributed by atoms with Crippen LogP contribution in [0.4, 0.5) is 5.82 Å². The number of aliphatic hydroxyl groups excluding tert-OH is 2. The van der Waals surface area contributed by atoms with Crippen LogP contribution in [-0.4, -0.2) is 38.6 Å². The van der Waals surface area contributed by atoms with Crippen molar-refractivity contribution >= 4 is 5.82 Å². The zero-order valence-corrected chi connectivity index (χ0v) is 11.0. The molecule has 21 heavy (non-hydrogen) atoms. The van der Waals surface area contributed by atoms with Crippen LogP contribution in [0.1, 0.15) is 12.6 Å². The zero-order valence-electron chi connectivity index (χ0n) is 11.0. The Morgan fingerprint density at radius 3 is 2.95 bits per heavy atom. The fourth-order valence-corrected chi connectivity index (χ4v) is 2.38. The van der Waals surface area contributed by atoms with Gasteiger partial charge in [0.15, 0.2) is 0 Å². The molecule has 1 aliphatic rings. The lowest BCUT2D eigenvalue weighted by molar-refractivity contribution is -0.0458. The van der Waals surface area contributed by atoms with E-state index in [4.69, 9.17) is 20.0 Å². The number of hydrogen-bond donors (Lipinski definition) is 3. The van der Waals surface area contributed by atoms with Gasteiger partial charge in [0.05, 0.1) is 25.2 Å². The molecule has 3 heterocycles. The highest BCUT2D eigenvalue weighted by molar-refractivity contribution is 5.71. The number of aromatic nitrogens is 2. The number of ether oxygens (including phenoxy) is 1. The highest BCUT2D eigenvalue weighted by Gasteiger charge is 2.35. The summed E-state index contributed by atoms with van der Waals surface area (Å²) in [5.74, 6) is 0.0925. The summed E-state index contributed by atoms with van der Waals surface area (Å²) in [7, 11) is 0. The van der Waals surface area contributed by atoms with Crippen molar-refractivity contribution in [1.82, 2.24) is 9.55 Å². The molecule has 1 fully saturated rings. The maximum atomic E-state index is 12.0. The summed E-state index contributed by atoms with van der Waals surface area (Å²) < 4.78 is 11.7. The van der Waals surface area contributed by atoms with Crippen molar-refractivity contribution in [3.05, 3.63) is 35.3 Å². The molecule has 8 nitrogen and oxygen atoms in total. The second kappa shape index (κ2) is 5.32. The molecule has 2 aromatic rings. The van der Waals surface area contributed by atoms with Crippen molar-refractivity contribution in [2.45, 2.75) is 24.9 Å². The topological polar surface area (TPSA) is 124 Å². The molecule has 0 radical (unpaired) electrons. The molecule has 8 heteroatoms. The molecule has 3 atom stereocenters. The summed E-state index contributed by atoms with van der Waals surface area (Å²) >= 11 is 0. The van der Waals surface area contributed by atoms with Gasteiger partial charge in [-0.2, -0.15) is 4.98 Å². The molecule has 0 unspecified atom stereocenters. The van der Waals surface area contributed by atoms with E-state index >= 15 is 0 Å². The molecule has 1 saturated heterocycles. The highest BCUT2D eigenvalue weighted by Crippen LogP contribution is 2.30. The second-order valence-corrected chi connectivity index (χ2v) is 4.86. The van der Waals surface area contributed by atoms with Gasteiger partial charge in [-0.1, -0.05) is 0 Å². The summed E-state index contributed by atoms with van der Waals surface area (Å²) in [5, 5.41) is 18.9. The fourth-order valence-electron chi connectivity index (χ4n) is 2.38. The average molecular weight is 293 g/mol. The van der Waals surface area contributed by atoms with Crippen molar-refractivity contribution in [3.8, 4) is 11.1 Å². The van der Waals surface area contributed by atoms with E-state index in [1.807, 2.05) is 0 Å². The quantitative estimate of drug-likeness (QED) is 0.711. The van der Waals surface area contributed by atoms with Gasteiger partial charge >= 0.3 is 5.69 Å². The van der Waals surface area contributed by atoms with E-state index in [-0.39, 0.29) is 18.8 Å². The molecule has 3 rings (SSSR count). The molecular formula is C13H15N3O5. The summed E-state index contributed by atoms with van der Waals surface area (Å²) in [4.78, 5) is 15.7. The third-order valence-electron chi connectivity index (χ3n) is 3.51. The van der Waals surface area contributed by atoms with Crippen molar-refractivity contribution < 1.29 is 19.4 Å². The predicted molar refractivity (Wildman–Crippen MR) is 72.2 cm³/mol. The minimum atomic E-state index is -0.832. The standard InChI is InChI=1S/C13H15N3O5/c14-12-8(7-1-2-20-6-7)4-16(13(19)15-12)11-3-9(18)10(5-17)21-11/h1-2,4,6,9-11,17-18H,3,5H2,(H2,14,15,19)/t9-,10+,11-/m0/s1. The van der Waals surface area contributed by atoms with E-state index in [1.165, 1.54) is 23.3 Å². The molecule has 0 aromatic carbocycles. The average Bonchev–Trinajstić information content (AvgIpc) is 3.08. The number of anilines is 1. The lowest BCUT2D eigenvalue weighted by atomic mass is 10.1. The molecule has 1 aliphatic heterocycles. The van der Waals surface area contributed by atoms with E-state index < -0.39 is 24.1 Å². The molecule has 0 saturated carbocycles. The number of hydrogen-bond acceptors (Lipinski definition) is 7. The monoisotopic (exact) mass is 293 g/mol. The zero-order chi connectivity index (χ0) is 15.0. The third kappa shape index (κ3) is 2.44. The summed E-state index contributed by atoms with van der Waals surface area (Å²) in [5.41, 5.74) is 6.41.